The van der Waals surface area contributed by atoms with Crippen molar-refractivity contribution in [1.29, 1.82) is 0 Å². The van der Waals surface area contributed by atoms with E-state index in [-0.39, 0.29) is 31.2 Å². The van der Waals surface area contributed by atoms with E-state index >= 15 is 0 Å². The fraction of sp³-hybridized carbons (Fsp3) is 0.500. The minimum Gasteiger partial charge on any atom is -0.354 e. The number of halogens is 1. The molecule has 24 heavy (non-hydrogen) atoms. The summed E-state index contributed by atoms with van der Waals surface area (Å²) in [7, 11) is -3.50. The monoisotopic (exact) mass is 358 g/mol. The summed E-state index contributed by atoms with van der Waals surface area (Å²) in [5.74, 6) is -1.22. The van der Waals surface area contributed by atoms with Crippen LogP contribution < -0.4 is 10.6 Å². The van der Waals surface area contributed by atoms with Crippen molar-refractivity contribution in [2.24, 2.45) is 0 Å². The van der Waals surface area contributed by atoms with Crippen LogP contribution in [-0.4, -0.2) is 43.8 Å². The first-order chi connectivity index (χ1) is 11.1. The van der Waals surface area contributed by atoms with Crippen molar-refractivity contribution in [2.45, 2.75) is 37.7 Å². The maximum absolute atomic E-state index is 12.8. The van der Waals surface area contributed by atoms with Gasteiger partial charge in [0.05, 0.1) is 11.7 Å². The standard InChI is InChI=1S/C16H23FN2O4S/c1-11(2)24(22,23)12(3)16(21)19-9-8-18-15(20)10-13-4-6-14(17)7-5-13/h4-7,11-12H,8-10H2,1-3H3,(H,18,20)(H,19,21). The van der Waals surface area contributed by atoms with Crippen molar-refractivity contribution in [3.63, 3.8) is 0 Å². The van der Waals surface area contributed by atoms with E-state index in [9.17, 15) is 22.4 Å². The summed E-state index contributed by atoms with van der Waals surface area (Å²) >= 11 is 0. The lowest BCUT2D eigenvalue weighted by Crippen LogP contribution is -2.43. The highest BCUT2D eigenvalue weighted by Gasteiger charge is 2.30. The number of nitrogens with one attached hydrogen (secondary N) is 2. The smallest absolute Gasteiger partial charge is 0.238 e. The van der Waals surface area contributed by atoms with E-state index in [4.69, 9.17) is 0 Å². The minimum atomic E-state index is -3.50. The topological polar surface area (TPSA) is 92.3 Å². The second kappa shape index (κ2) is 8.77. The Morgan fingerprint density at radius 3 is 2.12 bits per heavy atom. The molecule has 0 radical (unpaired) electrons. The van der Waals surface area contributed by atoms with Gasteiger partial charge in [0.1, 0.15) is 11.1 Å². The van der Waals surface area contributed by atoms with Gasteiger partial charge in [0.25, 0.3) is 0 Å². The molecular formula is C16H23FN2O4S. The summed E-state index contributed by atoms with van der Waals surface area (Å²) in [5.41, 5.74) is 0.676. The Morgan fingerprint density at radius 2 is 1.58 bits per heavy atom. The molecule has 1 unspecified atom stereocenters. The van der Waals surface area contributed by atoms with Gasteiger partial charge < -0.3 is 10.6 Å². The second-order valence-electron chi connectivity index (χ2n) is 5.72. The SMILES string of the molecule is CC(C)S(=O)(=O)C(C)C(=O)NCCNC(=O)Cc1ccc(F)cc1. The molecule has 1 rings (SSSR count). The van der Waals surface area contributed by atoms with Gasteiger partial charge in [0.15, 0.2) is 9.84 Å². The normalized spacial score (nSPS) is 12.7. The van der Waals surface area contributed by atoms with Gasteiger partial charge in [-0.3, -0.25) is 9.59 Å². The summed E-state index contributed by atoms with van der Waals surface area (Å²) in [6.07, 6.45) is 0.104. The average molecular weight is 358 g/mol. The number of sulfone groups is 1. The zero-order valence-corrected chi connectivity index (χ0v) is 14.8. The van der Waals surface area contributed by atoms with Crippen LogP contribution in [0.4, 0.5) is 4.39 Å². The van der Waals surface area contributed by atoms with Crippen molar-refractivity contribution in [3.8, 4) is 0 Å². The van der Waals surface area contributed by atoms with Crippen molar-refractivity contribution < 1.29 is 22.4 Å². The molecule has 2 N–H and O–H groups in total. The Hall–Kier alpha value is -1.96. The highest BCUT2D eigenvalue weighted by Crippen LogP contribution is 2.08. The largest absolute Gasteiger partial charge is 0.354 e. The number of rotatable bonds is 8. The molecule has 1 aromatic carbocycles. The van der Waals surface area contributed by atoms with E-state index in [1.807, 2.05) is 0 Å². The molecule has 1 aromatic rings. The molecule has 0 saturated heterocycles. The van der Waals surface area contributed by atoms with Crippen molar-refractivity contribution in [2.75, 3.05) is 13.1 Å². The third-order valence-corrected chi connectivity index (χ3v) is 6.06. The minimum absolute atomic E-state index is 0.104. The number of amides is 2. The molecule has 6 nitrogen and oxygen atoms in total. The van der Waals surface area contributed by atoms with Crippen LogP contribution in [0.25, 0.3) is 0 Å². The summed E-state index contributed by atoms with van der Waals surface area (Å²) in [4.78, 5) is 23.5. The number of hydrogen-bond acceptors (Lipinski definition) is 4. The molecule has 0 spiro atoms. The molecule has 0 aliphatic heterocycles. The summed E-state index contributed by atoms with van der Waals surface area (Å²) in [6.45, 7) is 4.70. The Kier molecular flexibility index (Phi) is 7.34. The average Bonchev–Trinajstić information content (AvgIpc) is 2.52. The van der Waals surface area contributed by atoms with E-state index < -0.39 is 26.2 Å². The first-order valence-corrected chi connectivity index (χ1v) is 9.27. The van der Waals surface area contributed by atoms with Crippen LogP contribution in [0, 0.1) is 5.82 Å². The third-order valence-electron chi connectivity index (χ3n) is 3.54. The van der Waals surface area contributed by atoms with Crippen LogP contribution in [0.1, 0.15) is 26.3 Å². The summed E-state index contributed by atoms with van der Waals surface area (Å²) in [5, 5.41) is 3.33. The molecule has 1 atom stereocenters. The third kappa shape index (κ3) is 5.92. The van der Waals surface area contributed by atoms with Crippen LogP contribution in [0.5, 0.6) is 0 Å². The lowest BCUT2D eigenvalue weighted by molar-refractivity contribution is -0.122. The molecule has 0 fully saturated rings. The molecule has 0 saturated carbocycles. The highest BCUT2D eigenvalue weighted by atomic mass is 32.2. The van der Waals surface area contributed by atoms with Crippen molar-refractivity contribution in [3.05, 3.63) is 35.6 Å². The number of benzene rings is 1. The maximum Gasteiger partial charge on any atom is 0.238 e. The summed E-state index contributed by atoms with van der Waals surface area (Å²) < 4.78 is 36.5. The van der Waals surface area contributed by atoms with E-state index in [1.54, 1.807) is 0 Å². The predicted octanol–water partition coefficient (Wildman–Crippen LogP) is 0.812. The molecule has 0 aliphatic carbocycles. The van der Waals surface area contributed by atoms with Crippen LogP contribution in [0.3, 0.4) is 0 Å². The van der Waals surface area contributed by atoms with Crippen LogP contribution in [0.15, 0.2) is 24.3 Å². The Balaban J connectivity index is 2.34. The van der Waals surface area contributed by atoms with Crippen LogP contribution in [0.2, 0.25) is 0 Å². The predicted molar refractivity (Wildman–Crippen MR) is 89.6 cm³/mol. The Morgan fingerprint density at radius 1 is 1.04 bits per heavy atom. The van der Waals surface area contributed by atoms with Crippen molar-refractivity contribution >= 4 is 21.7 Å². The zero-order chi connectivity index (χ0) is 18.3. The number of hydrogen-bond donors (Lipinski definition) is 2. The molecule has 0 aliphatic rings. The van der Waals surface area contributed by atoms with E-state index in [0.717, 1.165) is 0 Å². The first kappa shape index (κ1) is 20.1. The fourth-order valence-corrected chi connectivity index (χ4v) is 3.14. The first-order valence-electron chi connectivity index (χ1n) is 7.66. The lowest BCUT2D eigenvalue weighted by Gasteiger charge is -2.15. The zero-order valence-electron chi connectivity index (χ0n) is 14.0. The molecule has 8 heteroatoms. The highest BCUT2D eigenvalue weighted by molar-refractivity contribution is 7.93. The number of carbonyl (C=O) groups is 2. The quantitative estimate of drug-likeness (QED) is 0.673. The Labute approximate surface area is 141 Å². The molecule has 0 heterocycles. The maximum atomic E-state index is 12.8. The van der Waals surface area contributed by atoms with Crippen LogP contribution >= 0.6 is 0 Å². The van der Waals surface area contributed by atoms with Gasteiger partial charge in [-0.15, -0.1) is 0 Å². The molecule has 2 amide bonds. The number of carbonyl (C=O) groups excluding carboxylic acids is 2. The van der Waals surface area contributed by atoms with E-state index in [0.29, 0.717) is 5.56 Å². The van der Waals surface area contributed by atoms with Gasteiger partial charge in [-0.1, -0.05) is 12.1 Å². The van der Waals surface area contributed by atoms with Gasteiger partial charge in [-0.05, 0) is 38.5 Å². The second-order valence-corrected chi connectivity index (χ2v) is 8.55. The van der Waals surface area contributed by atoms with Crippen LogP contribution in [-0.2, 0) is 25.8 Å². The molecular weight excluding hydrogens is 335 g/mol. The molecule has 134 valence electrons. The molecule has 0 aromatic heterocycles. The van der Waals surface area contributed by atoms with Crippen molar-refractivity contribution in [1.82, 2.24) is 10.6 Å². The Bertz CT molecular complexity index is 672. The van der Waals surface area contributed by atoms with Gasteiger partial charge >= 0.3 is 0 Å². The van der Waals surface area contributed by atoms with Gasteiger partial charge in [0.2, 0.25) is 11.8 Å². The van der Waals surface area contributed by atoms with Gasteiger partial charge in [0, 0.05) is 13.1 Å². The summed E-state index contributed by atoms with van der Waals surface area (Å²) in [6, 6.07) is 5.60. The van der Waals surface area contributed by atoms with E-state index in [2.05, 4.69) is 10.6 Å². The molecule has 0 bridgehead atoms. The van der Waals surface area contributed by atoms with E-state index in [1.165, 1.54) is 45.0 Å². The lowest BCUT2D eigenvalue weighted by atomic mass is 10.1. The fourth-order valence-electron chi connectivity index (χ4n) is 1.94. The van der Waals surface area contributed by atoms with Gasteiger partial charge in [-0.2, -0.15) is 0 Å². The van der Waals surface area contributed by atoms with Gasteiger partial charge in [-0.25, -0.2) is 12.8 Å².